The second-order valence-corrected chi connectivity index (χ2v) is 6.33. The monoisotopic (exact) mass is 289 g/mol. The number of nitrogens with one attached hydrogen (secondary N) is 1. The van der Waals surface area contributed by atoms with Crippen molar-refractivity contribution in [3.8, 4) is 0 Å². The number of anilines is 1. The lowest BCUT2D eigenvalue weighted by molar-refractivity contribution is -0.384. The maximum atomic E-state index is 10.9. The van der Waals surface area contributed by atoms with E-state index in [4.69, 9.17) is 0 Å². The quantitative estimate of drug-likeness (QED) is 0.686. The zero-order chi connectivity index (χ0) is 15.0. The molecule has 5 nitrogen and oxygen atoms in total. The normalized spacial score (nSPS) is 28.5. The molecule has 2 unspecified atom stereocenters. The Labute approximate surface area is 125 Å². The van der Waals surface area contributed by atoms with Crippen LogP contribution in [0.1, 0.15) is 37.7 Å². The second-order valence-electron chi connectivity index (χ2n) is 6.33. The fourth-order valence-electron chi connectivity index (χ4n) is 4.05. The SMILES string of the molecule is CNC1CC2CCCC(C1)N2c1ccc([N+](=O)[O-])cc1C. The molecule has 114 valence electrons. The van der Waals surface area contributed by atoms with Crippen LogP contribution in [0.5, 0.6) is 0 Å². The van der Waals surface area contributed by atoms with Gasteiger partial charge in [0.15, 0.2) is 0 Å². The number of nitro benzene ring substituents is 1. The third kappa shape index (κ3) is 2.62. The van der Waals surface area contributed by atoms with E-state index < -0.39 is 0 Å². The molecule has 2 atom stereocenters. The minimum absolute atomic E-state index is 0.187. The molecular formula is C16H23N3O2. The van der Waals surface area contributed by atoms with Gasteiger partial charge >= 0.3 is 0 Å². The van der Waals surface area contributed by atoms with E-state index in [1.807, 2.05) is 20.0 Å². The van der Waals surface area contributed by atoms with Gasteiger partial charge in [0.05, 0.1) is 4.92 Å². The third-order valence-corrected chi connectivity index (χ3v) is 5.05. The summed E-state index contributed by atoms with van der Waals surface area (Å²) in [5.74, 6) is 0. The number of hydrogen-bond donors (Lipinski definition) is 1. The van der Waals surface area contributed by atoms with Crippen LogP contribution in [0.15, 0.2) is 18.2 Å². The van der Waals surface area contributed by atoms with Crippen molar-refractivity contribution in [2.24, 2.45) is 0 Å². The number of piperidine rings is 2. The van der Waals surface area contributed by atoms with Crippen LogP contribution in [-0.2, 0) is 0 Å². The average molecular weight is 289 g/mol. The van der Waals surface area contributed by atoms with Gasteiger partial charge in [0.25, 0.3) is 5.69 Å². The minimum atomic E-state index is -0.315. The first kappa shape index (κ1) is 14.3. The van der Waals surface area contributed by atoms with Gasteiger partial charge in [-0.15, -0.1) is 0 Å². The largest absolute Gasteiger partial charge is 0.365 e. The zero-order valence-electron chi connectivity index (χ0n) is 12.7. The molecule has 2 bridgehead atoms. The highest BCUT2D eigenvalue weighted by molar-refractivity contribution is 5.59. The van der Waals surface area contributed by atoms with Gasteiger partial charge in [0.2, 0.25) is 0 Å². The minimum Gasteiger partial charge on any atom is -0.365 e. The lowest BCUT2D eigenvalue weighted by atomic mass is 9.81. The lowest BCUT2D eigenvalue weighted by Crippen LogP contribution is -2.56. The first-order chi connectivity index (χ1) is 10.1. The van der Waals surface area contributed by atoms with Gasteiger partial charge < -0.3 is 10.2 Å². The average Bonchev–Trinajstić information content (AvgIpc) is 2.45. The molecule has 3 rings (SSSR count). The van der Waals surface area contributed by atoms with Gasteiger partial charge in [-0.2, -0.15) is 0 Å². The molecule has 2 aliphatic rings. The number of nitrogens with zero attached hydrogens (tertiary/aromatic N) is 2. The van der Waals surface area contributed by atoms with Crippen molar-refractivity contribution in [1.82, 2.24) is 5.32 Å². The molecule has 0 saturated carbocycles. The summed E-state index contributed by atoms with van der Waals surface area (Å²) in [6.07, 6.45) is 6.09. The Balaban J connectivity index is 1.91. The zero-order valence-corrected chi connectivity index (χ0v) is 12.7. The molecule has 2 fully saturated rings. The van der Waals surface area contributed by atoms with Crippen molar-refractivity contribution in [1.29, 1.82) is 0 Å². The highest BCUT2D eigenvalue weighted by atomic mass is 16.6. The molecular weight excluding hydrogens is 266 g/mol. The highest BCUT2D eigenvalue weighted by Gasteiger charge is 2.38. The summed E-state index contributed by atoms with van der Waals surface area (Å²) in [4.78, 5) is 13.1. The molecule has 2 aliphatic heterocycles. The van der Waals surface area contributed by atoms with Crippen LogP contribution in [0, 0.1) is 17.0 Å². The van der Waals surface area contributed by atoms with E-state index in [1.54, 1.807) is 12.1 Å². The lowest BCUT2D eigenvalue weighted by Gasteiger charge is -2.50. The fourth-order valence-corrected chi connectivity index (χ4v) is 4.05. The van der Waals surface area contributed by atoms with Crippen LogP contribution in [0.4, 0.5) is 11.4 Å². The number of fused-ring (bicyclic) bond motifs is 2. The maximum Gasteiger partial charge on any atom is 0.269 e. The van der Waals surface area contributed by atoms with Gasteiger partial charge in [0, 0.05) is 35.9 Å². The Morgan fingerprint density at radius 2 is 1.95 bits per heavy atom. The van der Waals surface area contributed by atoms with Gasteiger partial charge in [-0.1, -0.05) is 0 Å². The van der Waals surface area contributed by atoms with Crippen molar-refractivity contribution in [2.45, 2.75) is 57.2 Å². The molecule has 0 spiro atoms. The summed E-state index contributed by atoms with van der Waals surface area (Å²) in [6, 6.07) is 7.02. The molecule has 0 amide bonds. The molecule has 2 saturated heterocycles. The molecule has 0 aromatic heterocycles. The Morgan fingerprint density at radius 3 is 2.48 bits per heavy atom. The molecule has 1 aromatic rings. The standard InChI is InChI=1S/C16H23N3O2/c1-11-8-15(19(20)21)6-7-16(11)18-13-4-3-5-14(18)10-12(9-13)17-2/h6-8,12-14,17H,3-5,9-10H2,1-2H3. The molecule has 1 aromatic carbocycles. The Bertz CT molecular complexity index is 532. The van der Waals surface area contributed by atoms with Crippen LogP contribution in [0.25, 0.3) is 0 Å². The first-order valence-electron chi connectivity index (χ1n) is 7.80. The van der Waals surface area contributed by atoms with Crippen molar-refractivity contribution >= 4 is 11.4 Å². The van der Waals surface area contributed by atoms with Gasteiger partial charge in [0.1, 0.15) is 0 Å². The number of aryl methyl sites for hydroxylation is 1. The van der Waals surface area contributed by atoms with Crippen LogP contribution >= 0.6 is 0 Å². The molecule has 0 aliphatic carbocycles. The molecule has 2 heterocycles. The van der Waals surface area contributed by atoms with E-state index in [0.29, 0.717) is 18.1 Å². The Hall–Kier alpha value is -1.62. The van der Waals surface area contributed by atoms with Crippen LogP contribution in [0.2, 0.25) is 0 Å². The van der Waals surface area contributed by atoms with Gasteiger partial charge in [-0.25, -0.2) is 0 Å². The predicted molar refractivity (Wildman–Crippen MR) is 83.8 cm³/mol. The van der Waals surface area contributed by atoms with Crippen molar-refractivity contribution in [3.05, 3.63) is 33.9 Å². The fraction of sp³-hybridized carbons (Fsp3) is 0.625. The number of hydrogen-bond acceptors (Lipinski definition) is 4. The number of rotatable bonds is 3. The van der Waals surface area contributed by atoms with Crippen LogP contribution in [0.3, 0.4) is 0 Å². The summed E-state index contributed by atoms with van der Waals surface area (Å²) in [6.45, 7) is 1.99. The van der Waals surface area contributed by atoms with E-state index >= 15 is 0 Å². The summed E-state index contributed by atoms with van der Waals surface area (Å²) in [5, 5.41) is 14.3. The van der Waals surface area contributed by atoms with E-state index in [9.17, 15) is 10.1 Å². The number of non-ortho nitro benzene ring substituents is 1. The van der Waals surface area contributed by atoms with Crippen LogP contribution in [-0.4, -0.2) is 30.1 Å². The molecule has 21 heavy (non-hydrogen) atoms. The summed E-state index contributed by atoms with van der Waals surface area (Å²) in [7, 11) is 2.05. The predicted octanol–water partition coefficient (Wildman–Crippen LogP) is 3.01. The van der Waals surface area contributed by atoms with Gasteiger partial charge in [-0.05, 0) is 57.7 Å². The molecule has 1 N–H and O–H groups in total. The smallest absolute Gasteiger partial charge is 0.269 e. The summed E-state index contributed by atoms with van der Waals surface area (Å²) in [5.41, 5.74) is 2.39. The molecule has 0 radical (unpaired) electrons. The highest BCUT2D eigenvalue weighted by Crippen LogP contribution is 2.39. The van der Waals surface area contributed by atoms with Gasteiger partial charge in [-0.3, -0.25) is 10.1 Å². The van der Waals surface area contributed by atoms with Crippen molar-refractivity contribution in [3.63, 3.8) is 0 Å². The molecule has 5 heteroatoms. The topological polar surface area (TPSA) is 58.4 Å². The summed E-state index contributed by atoms with van der Waals surface area (Å²) < 4.78 is 0. The second kappa shape index (κ2) is 5.64. The van der Waals surface area contributed by atoms with E-state index in [1.165, 1.54) is 37.8 Å². The number of nitro groups is 1. The summed E-state index contributed by atoms with van der Waals surface area (Å²) >= 11 is 0. The Morgan fingerprint density at radius 1 is 1.29 bits per heavy atom. The maximum absolute atomic E-state index is 10.9. The van der Waals surface area contributed by atoms with Crippen molar-refractivity contribution in [2.75, 3.05) is 11.9 Å². The third-order valence-electron chi connectivity index (χ3n) is 5.05. The first-order valence-corrected chi connectivity index (χ1v) is 7.80. The van der Waals surface area contributed by atoms with E-state index in [0.717, 1.165) is 5.56 Å². The van der Waals surface area contributed by atoms with Crippen molar-refractivity contribution < 1.29 is 4.92 Å². The van der Waals surface area contributed by atoms with E-state index in [-0.39, 0.29) is 10.6 Å². The number of benzene rings is 1. The van der Waals surface area contributed by atoms with E-state index in [2.05, 4.69) is 10.2 Å². The Kier molecular flexibility index (Phi) is 3.85. The van der Waals surface area contributed by atoms with Crippen LogP contribution < -0.4 is 10.2 Å².